The van der Waals surface area contributed by atoms with Gasteiger partial charge in [-0.05, 0) is 31.6 Å². The first kappa shape index (κ1) is 8.05. The summed E-state index contributed by atoms with van der Waals surface area (Å²) in [5.41, 5.74) is 2.48. The van der Waals surface area contributed by atoms with Crippen LogP contribution in [0.15, 0.2) is 0 Å². The van der Waals surface area contributed by atoms with E-state index in [1.807, 2.05) is 6.92 Å². The normalized spacial score (nSPS) is 37.6. The van der Waals surface area contributed by atoms with Crippen molar-refractivity contribution in [1.82, 2.24) is 5.48 Å². The molecular weight excluding hydrogens is 154 g/mol. The van der Waals surface area contributed by atoms with E-state index in [2.05, 4.69) is 5.48 Å². The van der Waals surface area contributed by atoms with Crippen LogP contribution < -0.4 is 5.48 Å². The zero-order valence-corrected chi connectivity index (χ0v) is 7.38. The number of carbonyl (C=O) groups is 1. The number of hydrogen-bond donors (Lipinski definition) is 1. The van der Waals surface area contributed by atoms with Crippen molar-refractivity contribution in [1.29, 1.82) is 0 Å². The highest BCUT2D eigenvalue weighted by molar-refractivity contribution is 5.81. The summed E-state index contributed by atoms with van der Waals surface area (Å²) in [6, 6.07) is 0. The van der Waals surface area contributed by atoms with Gasteiger partial charge in [-0.15, -0.1) is 0 Å². The van der Waals surface area contributed by atoms with Crippen molar-refractivity contribution in [2.24, 2.45) is 17.8 Å². The van der Waals surface area contributed by atoms with E-state index in [1.165, 1.54) is 19.3 Å². The van der Waals surface area contributed by atoms with Crippen LogP contribution in [-0.2, 0) is 9.63 Å². The molecule has 12 heavy (non-hydrogen) atoms. The molecule has 3 heteroatoms. The molecule has 0 aromatic heterocycles. The van der Waals surface area contributed by atoms with E-state index in [9.17, 15) is 4.79 Å². The molecule has 2 saturated carbocycles. The minimum atomic E-state index is 0.103. The molecule has 3 nitrogen and oxygen atoms in total. The average molecular weight is 169 g/mol. The van der Waals surface area contributed by atoms with Crippen LogP contribution in [0.3, 0.4) is 0 Å². The van der Waals surface area contributed by atoms with Gasteiger partial charge in [0.05, 0.1) is 6.61 Å². The van der Waals surface area contributed by atoms with Crippen molar-refractivity contribution < 1.29 is 9.63 Å². The molecule has 0 heterocycles. The van der Waals surface area contributed by atoms with Crippen LogP contribution in [0.2, 0.25) is 0 Å². The van der Waals surface area contributed by atoms with E-state index in [0.29, 0.717) is 18.4 Å². The molecule has 1 amide bonds. The molecule has 2 aliphatic carbocycles. The summed E-state index contributed by atoms with van der Waals surface area (Å²) in [4.78, 5) is 16.2. The molecule has 2 rings (SSSR count). The van der Waals surface area contributed by atoms with Crippen LogP contribution in [-0.4, -0.2) is 12.5 Å². The van der Waals surface area contributed by atoms with Gasteiger partial charge in [-0.1, -0.05) is 6.42 Å². The van der Waals surface area contributed by atoms with Crippen LogP contribution in [0.4, 0.5) is 0 Å². The number of nitrogens with one attached hydrogen (secondary N) is 1. The fourth-order valence-electron chi connectivity index (χ4n) is 2.42. The van der Waals surface area contributed by atoms with Gasteiger partial charge < -0.3 is 0 Å². The number of fused-ring (bicyclic) bond motifs is 1. The maximum atomic E-state index is 11.3. The van der Waals surface area contributed by atoms with E-state index in [1.54, 1.807) is 0 Å². The quantitative estimate of drug-likeness (QED) is 0.642. The Labute approximate surface area is 72.4 Å². The third-order valence-corrected chi connectivity index (χ3v) is 3.03. The lowest BCUT2D eigenvalue weighted by Gasteiger charge is -2.04. The second-order valence-electron chi connectivity index (χ2n) is 3.68. The molecule has 2 atom stereocenters. The predicted molar refractivity (Wildman–Crippen MR) is 44.1 cm³/mol. The Bertz CT molecular complexity index is 183. The van der Waals surface area contributed by atoms with Gasteiger partial charge in [0.2, 0.25) is 5.91 Å². The Hall–Kier alpha value is -0.570. The van der Waals surface area contributed by atoms with E-state index < -0.39 is 0 Å². The van der Waals surface area contributed by atoms with Crippen molar-refractivity contribution in [3.8, 4) is 0 Å². The SMILES string of the molecule is CCONC(=O)C1C2CCCC21. The molecule has 2 aliphatic rings. The Balaban J connectivity index is 1.76. The van der Waals surface area contributed by atoms with Crippen LogP contribution in [0, 0.1) is 17.8 Å². The highest BCUT2D eigenvalue weighted by Crippen LogP contribution is 2.57. The molecule has 0 aromatic carbocycles. The summed E-state index contributed by atoms with van der Waals surface area (Å²) in [5.74, 6) is 1.76. The minimum absolute atomic E-state index is 0.103. The topological polar surface area (TPSA) is 38.3 Å². The number of rotatable bonds is 3. The number of hydroxylamine groups is 1. The molecule has 0 saturated heterocycles. The maximum absolute atomic E-state index is 11.3. The molecular formula is C9H15NO2. The summed E-state index contributed by atoms with van der Waals surface area (Å²) >= 11 is 0. The average Bonchev–Trinajstić information content (AvgIpc) is 2.56. The first-order chi connectivity index (χ1) is 5.84. The predicted octanol–water partition coefficient (Wildman–Crippen LogP) is 1.10. The maximum Gasteiger partial charge on any atom is 0.247 e. The zero-order valence-electron chi connectivity index (χ0n) is 7.38. The second-order valence-corrected chi connectivity index (χ2v) is 3.68. The van der Waals surface area contributed by atoms with Gasteiger partial charge in [0.25, 0.3) is 0 Å². The molecule has 2 fully saturated rings. The Kier molecular flexibility index (Phi) is 2.05. The van der Waals surface area contributed by atoms with Crippen molar-refractivity contribution >= 4 is 5.91 Å². The number of hydrogen-bond acceptors (Lipinski definition) is 2. The molecule has 0 aromatic rings. The van der Waals surface area contributed by atoms with Gasteiger partial charge in [-0.3, -0.25) is 9.63 Å². The van der Waals surface area contributed by atoms with Gasteiger partial charge in [0, 0.05) is 5.92 Å². The Morgan fingerprint density at radius 2 is 2.17 bits per heavy atom. The van der Waals surface area contributed by atoms with Crippen molar-refractivity contribution in [3.05, 3.63) is 0 Å². The summed E-state index contributed by atoms with van der Waals surface area (Å²) < 4.78 is 0. The van der Waals surface area contributed by atoms with Crippen LogP contribution in [0.1, 0.15) is 26.2 Å². The van der Waals surface area contributed by atoms with Gasteiger partial charge in [0.15, 0.2) is 0 Å². The van der Waals surface area contributed by atoms with Crippen molar-refractivity contribution in [3.63, 3.8) is 0 Å². The molecule has 0 spiro atoms. The molecule has 1 N–H and O–H groups in total. The largest absolute Gasteiger partial charge is 0.274 e. The van der Waals surface area contributed by atoms with Crippen LogP contribution in [0.5, 0.6) is 0 Å². The molecule has 2 unspecified atom stereocenters. The fraction of sp³-hybridized carbons (Fsp3) is 0.889. The Morgan fingerprint density at radius 3 is 2.75 bits per heavy atom. The van der Waals surface area contributed by atoms with Crippen molar-refractivity contribution in [2.45, 2.75) is 26.2 Å². The van der Waals surface area contributed by atoms with Gasteiger partial charge in [-0.25, -0.2) is 5.48 Å². The summed E-state index contributed by atoms with van der Waals surface area (Å²) in [6.07, 6.45) is 3.80. The molecule has 68 valence electrons. The lowest BCUT2D eigenvalue weighted by atomic mass is 10.1. The van der Waals surface area contributed by atoms with E-state index in [4.69, 9.17) is 4.84 Å². The zero-order chi connectivity index (χ0) is 8.55. The third-order valence-electron chi connectivity index (χ3n) is 3.03. The minimum Gasteiger partial charge on any atom is -0.274 e. The Morgan fingerprint density at radius 1 is 1.50 bits per heavy atom. The number of carbonyl (C=O) groups excluding carboxylic acids is 1. The third kappa shape index (κ3) is 1.22. The second kappa shape index (κ2) is 3.05. The van der Waals surface area contributed by atoms with Crippen molar-refractivity contribution in [2.75, 3.05) is 6.61 Å². The smallest absolute Gasteiger partial charge is 0.247 e. The van der Waals surface area contributed by atoms with Crippen LogP contribution in [0.25, 0.3) is 0 Å². The summed E-state index contributed by atoms with van der Waals surface area (Å²) in [6.45, 7) is 2.42. The summed E-state index contributed by atoms with van der Waals surface area (Å²) in [5, 5.41) is 0. The van der Waals surface area contributed by atoms with Gasteiger partial charge >= 0.3 is 0 Å². The molecule has 0 aliphatic heterocycles. The lowest BCUT2D eigenvalue weighted by molar-refractivity contribution is -0.135. The first-order valence-corrected chi connectivity index (χ1v) is 4.76. The van der Waals surface area contributed by atoms with E-state index in [0.717, 1.165) is 0 Å². The highest BCUT2D eigenvalue weighted by Gasteiger charge is 2.56. The monoisotopic (exact) mass is 169 g/mol. The molecule has 0 radical (unpaired) electrons. The standard InChI is InChI=1S/C9H15NO2/c1-2-12-10-9(11)8-6-4-3-5-7(6)8/h6-8H,2-5H2,1H3,(H,10,11). The number of amides is 1. The highest BCUT2D eigenvalue weighted by atomic mass is 16.6. The molecule has 0 bridgehead atoms. The van der Waals surface area contributed by atoms with E-state index >= 15 is 0 Å². The summed E-state index contributed by atoms with van der Waals surface area (Å²) in [7, 11) is 0. The first-order valence-electron chi connectivity index (χ1n) is 4.76. The van der Waals surface area contributed by atoms with Gasteiger partial charge in [-0.2, -0.15) is 0 Å². The lowest BCUT2D eigenvalue weighted by Crippen LogP contribution is -2.26. The van der Waals surface area contributed by atoms with E-state index in [-0.39, 0.29) is 11.8 Å². The van der Waals surface area contributed by atoms with Crippen LogP contribution >= 0.6 is 0 Å². The fourth-order valence-corrected chi connectivity index (χ4v) is 2.42. The van der Waals surface area contributed by atoms with Gasteiger partial charge in [0.1, 0.15) is 0 Å².